The second-order valence-electron chi connectivity index (χ2n) is 5.59. The Balaban J connectivity index is 2.35. The summed E-state index contributed by atoms with van der Waals surface area (Å²) in [6.45, 7) is 11.3. The van der Waals surface area contributed by atoms with Crippen LogP contribution in [-0.4, -0.2) is 48.3 Å². The van der Waals surface area contributed by atoms with E-state index >= 15 is 0 Å². The molecule has 0 aromatic carbocycles. The minimum absolute atomic E-state index is 0.00478. The Bertz CT molecular complexity index is 206. The summed E-state index contributed by atoms with van der Waals surface area (Å²) in [5.41, 5.74) is 0.00478. The van der Waals surface area contributed by atoms with Crippen LogP contribution in [0.4, 0.5) is 0 Å². The van der Waals surface area contributed by atoms with Crippen molar-refractivity contribution in [3.63, 3.8) is 0 Å². The third-order valence-corrected chi connectivity index (χ3v) is 4.22. The van der Waals surface area contributed by atoms with Crippen molar-refractivity contribution in [2.45, 2.75) is 52.0 Å². The third kappa shape index (κ3) is 4.57. The molecule has 1 aliphatic carbocycles. The van der Waals surface area contributed by atoms with Gasteiger partial charge in [-0.25, -0.2) is 0 Å². The zero-order valence-corrected chi connectivity index (χ0v) is 11.8. The first-order chi connectivity index (χ1) is 8.15. The van der Waals surface area contributed by atoms with E-state index in [2.05, 4.69) is 31.0 Å². The number of aliphatic hydroxyl groups excluding tert-OH is 1. The average molecular weight is 242 g/mol. The Hall–Kier alpha value is -0.120. The highest BCUT2D eigenvalue weighted by molar-refractivity contribution is 4.92. The van der Waals surface area contributed by atoms with E-state index in [4.69, 9.17) is 0 Å². The average Bonchev–Trinajstić information content (AvgIpc) is 2.35. The summed E-state index contributed by atoms with van der Waals surface area (Å²) >= 11 is 0. The first kappa shape index (κ1) is 14.9. The van der Waals surface area contributed by atoms with Gasteiger partial charge in [-0.2, -0.15) is 0 Å². The number of hydrogen-bond acceptors (Lipinski definition) is 3. The van der Waals surface area contributed by atoms with E-state index in [0.29, 0.717) is 0 Å². The van der Waals surface area contributed by atoms with Crippen LogP contribution in [0.3, 0.4) is 0 Å². The largest absolute Gasteiger partial charge is 0.394 e. The first-order valence-corrected chi connectivity index (χ1v) is 7.24. The lowest BCUT2D eigenvalue weighted by Gasteiger charge is -2.40. The van der Waals surface area contributed by atoms with Crippen molar-refractivity contribution in [1.29, 1.82) is 0 Å². The zero-order chi connectivity index (χ0) is 12.7. The number of aliphatic hydroxyl groups is 1. The normalized spacial score (nSPS) is 29.8. The van der Waals surface area contributed by atoms with E-state index in [0.717, 1.165) is 44.9 Å². The van der Waals surface area contributed by atoms with E-state index in [-0.39, 0.29) is 12.1 Å². The van der Waals surface area contributed by atoms with Crippen LogP contribution in [0.15, 0.2) is 0 Å². The van der Waals surface area contributed by atoms with Gasteiger partial charge in [0.2, 0.25) is 0 Å². The molecule has 3 nitrogen and oxygen atoms in total. The Labute approximate surface area is 107 Å². The Morgan fingerprint density at radius 1 is 1.35 bits per heavy atom. The highest BCUT2D eigenvalue weighted by Gasteiger charge is 2.33. The highest BCUT2D eigenvalue weighted by Crippen LogP contribution is 2.31. The van der Waals surface area contributed by atoms with Gasteiger partial charge in [-0.15, -0.1) is 0 Å². The van der Waals surface area contributed by atoms with Crippen LogP contribution in [-0.2, 0) is 0 Å². The molecule has 102 valence electrons. The van der Waals surface area contributed by atoms with Gasteiger partial charge in [-0.05, 0) is 31.8 Å². The van der Waals surface area contributed by atoms with Crippen molar-refractivity contribution >= 4 is 0 Å². The van der Waals surface area contributed by atoms with E-state index in [1.807, 2.05) is 0 Å². The molecule has 2 unspecified atom stereocenters. The molecule has 0 heterocycles. The van der Waals surface area contributed by atoms with Crippen molar-refractivity contribution in [2.24, 2.45) is 5.92 Å². The summed E-state index contributed by atoms with van der Waals surface area (Å²) < 4.78 is 0. The van der Waals surface area contributed by atoms with Crippen molar-refractivity contribution in [2.75, 3.05) is 32.8 Å². The predicted molar refractivity (Wildman–Crippen MR) is 73.2 cm³/mol. The molecule has 0 aromatic heterocycles. The fourth-order valence-electron chi connectivity index (χ4n) is 3.04. The lowest BCUT2D eigenvalue weighted by atomic mass is 9.77. The van der Waals surface area contributed by atoms with Crippen molar-refractivity contribution < 1.29 is 5.11 Å². The van der Waals surface area contributed by atoms with E-state index in [9.17, 15) is 5.11 Å². The van der Waals surface area contributed by atoms with E-state index in [1.54, 1.807) is 0 Å². The molecule has 1 fully saturated rings. The van der Waals surface area contributed by atoms with Gasteiger partial charge in [-0.1, -0.05) is 33.6 Å². The smallest absolute Gasteiger partial charge is 0.0613 e. The molecule has 0 saturated heterocycles. The highest BCUT2D eigenvalue weighted by atomic mass is 16.3. The van der Waals surface area contributed by atoms with E-state index in [1.165, 1.54) is 12.8 Å². The molecule has 17 heavy (non-hydrogen) atoms. The Morgan fingerprint density at radius 2 is 2.06 bits per heavy atom. The topological polar surface area (TPSA) is 35.5 Å². The molecule has 1 saturated carbocycles. The Kier molecular flexibility index (Phi) is 6.45. The molecule has 0 bridgehead atoms. The SMILES string of the molecule is CCN(CC)CCNC1(CO)CCCC(C)C1. The number of rotatable bonds is 7. The maximum Gasteiger partial charge on any atom is 0.0613 e. The first-order valence-electron chi connectivity index (χ1n) is 7.24. The molecular formula is C14H30N2O. The van der Waals surface area contributed by atoms with Crippen LogP contribution in [0.2, 0.25) is 0 Å². The summed E-state index contributed by atoms with van der Waals surface area (Å²) in [4.78, 5) is 2.42. The minimum atomic E-state index is 0.00478. The van der Waals surface area contributed by atoms with E-state index < -0.39 is 0 Å². The third-order valence-electron chi connectivity index (χ3n) is 4.22. The molecular weight excluding hydrogens is 212 g/mol. The van der Waals surface area contributed by atoms with Gasteiger partial charge >= 0.3 is 0 Å². The summed E-state index contributed by atoms with van der Waals surface area (Å²) in [5, 5.41) is 13.3. The number of nitrogens with one attached hydrogen (secondary N) is 1. The predicted octanol–water partition coefficient (Wildman–Crippen LogP) is 1.86. The lowest BCUT2D eigenvalue weighted by molar-refractivity contribution is 0.0967. The molecule has 0 amide bonds. The van der Waals surface area contributed by atoms with Crippen LogP contribution in [0.25, 0.3) is 0 Å². The number of likely N-dealkylation sites (N-methyl/N-ethyl adjacent to an activating group) is 1. The molecule has 0 aromatic rings. The fourth-order valence-corrected chi connectivity index (χ4v) is 3.04. The molecule has 1 aliphatic rings. The van der Waals surface area contributed by atoms with Gasteiger partial charge in [0.1, 0.15) is 0 Å². The van der Waals surface area contributed by atoms with Gasteiger partial charge in [0, 0.05) is 18.6 Å². The molecule has 0 radical (unpaired) electrons. The van der Waals surface area contributed by atoms with Crippen molar-refractivity contribution in [1.82, 2.24) is 10.2 Å². The van der Waals surface area contributed by atoms with Gasteiger partial charge in [-0.3, -0.25) is 0 Å². The summed E-state index contributed by atoms with van der Waals surface area (Å²) in [5.74, 6) is 0.747. The zero-order valence-electron chi connectivity index (χ0n) is 11.8. The van der Waals surface area contributed by atoms with Crippen LogP contribution in [0.1, 0.15) is 46.5 Å². The van der Waals surface area contributed by atoms with Gasteiger partial charge in [0.25, 0.3) is 0 Å². The van der Waals surface area contributed by atoms with Crippen molar-refractivity contribution in [3.8, 4) is 0 Å². The number of hydrogen-bond donors (Lipinski definition) is 2. The fraction of sp³-hybridized carbons (Fsp3) is 1.00. The molecule has 2 atom stereocenters. The quantitative estimate of drug-likeness (QED) is 0.715. The molecule has 1 rings (SSSR count). The van der Waals surface area contributed by atoms with Gasteiger partial charge in [0.15, 0.2) is 0 Å². The summed E-state index contributed by atoms with van der Waals surface area (Å²) in [6, 6.07) is 0. The van der Waals surface area contributed by atoms with Crippen LogP contribution in [0.5, 0.6) is 0 Å². The van der Waals surface area contributed by atoms with Crippen LogP contribution < -0.4 is 5.32 Å². The summed E-state index contributed by atoms with van der Waals surface area (Å²) in [7, 11) is 0. The number of nitrogens with zero attached hydrogens (tertiary/aromatic N) is 1. The lowest BCUT2D eigenvalue weighted by Crippen LogP contribution is -2.53. The second-order valence-corrected chi connectivity index (χ2v) is 5.59. The molecule has 3 heteroatoms. The summed E-state index contributed by atoms with van der Waals surface area (Å²) in [6.07, 6.45) is 4.83. The van der Waals surface area contributed by atoms with Crippen LogP contribution in [0, 0.1) is 5.92 Å². The maximum atomic E-state index is 9.66. The molecule has 0 aliphatic heterocycles. The maximum absolute atomic E-state index is 9.66. The van der Waals surface area contributed by atoms with Crippen molar-refractivity contribution in [3.05, 3.63) is 0 Å². The Morgan fingerprint density at radius 3 is 2.59 bits per heavy atom. The second kappa shape index (κ2) is 7.34. The molecule has 2 N–H and O–H groups in total. The van der Waals surface area contributed by atoms with Crippen LogP contribution >= 0.6 is 0 Å². The van der Waals surface area contributed by atoms with Gasteiger partial charge < -0.3 is 15.3 Å². The molecule has 0 spiro atoms. The monoisotopic (exact) mass is 242 g/mol. The minimum Gasteiger partial charge on any atom is -0.394 e. The standard InChI is InChI=1S/C14H30N2O/c1-4-16(5-2)10-9-15-14(12-17)8-6-7-13(3)11-14/h13,15,17H,4-12H2,1-3H3. The van der Waals surface area contributed by atoms with Gasteiger partial charge in [0.05, 0.1) is 6.61 Å².